The molecule has 1 aliphatic carbocycles. The van der Waals surface area contributed by atoms with E-state index < -0.39 is 0 Å². The molecule has 0 amide bonds. The normalized spacial score (nSPS) is 18.8. The Labute approximate surface area is 85.9 Å². The smallest absolute Gasteiger partial charge is 0.0270 e. The van der Waals surface area contributed by atoms with Gasteiger partial charge in [0.05, 0.1) is 0 Å². The van der Waals surface area contributed by atoms with Gasteiger partial charge in [-0.25, -0.2) is 0 Å². The number of rotatable bonds is 2. The number of nitrogens with zero attached hydrogens (tertiary/aromatic N) is 1. The maximum Gasteiger partial charge on any atom is 0.0270 e. The van der Waals surface area contributed by atoms with Gasteiger partial charge in [-0.15, -0.1) is 0 Å². The Morgan fingerprint density at radius 1 is 1.21 bits per heavy atom. The van der Waals surface area contributed by atoms with Crippen molar-refractivity contribution in [3.05, 3.63) is 41.7 Å². The summed E-state index contributed by atoms with van der Waals surface area (Å²) in [5, 5.41) is 0. The van der Waals surface area contributed by atoms with Gasteiger partial charge in [-0.05, 0) is 43.4 Å². The fourth-order valence-corrected chi connectivity index (χ4v) is 2.12. The van der Waals surface area contributed by atoms with Crippen molar-refractivity contribution in [3.63, 3.8) is 0 Å². The lowest BCUT2D eigenvalue weighted by Gasteiger charge is -2.19. The molecule has 14 heavy (non-hydrogen) atoms. The van der Waals surface area contributed by atoms with Crippen LogP contribution in [0.5, 0.6) is 0 Å². The van der Waals surface area contributed by atoms with Crippen molar-refractivity contribution in [2.45, 2.75) is 38.5 Å². The Hall–Kier alpha value is -1.11. The van der Waals surface area contributed by atoms with E-state index in [2.05, 4.69) is 30.1 Å². The van der Waals surface area contributed by atoms with Gasteiger partial charge in [-0.2, -0.15) is 0 Å². The molecule has 1 unspecified atom stereocenters. The molecular weight excluding hydrogens is 170 g/mol. The lowest BCUT2D eigenvalue weighted by atomic mass is 9.86. The van der Waals surface area contributed by atoms with E-state index in [0.29, 0.717) is 5.92 Å². The first kappa shape index (κ1) is 9.45. The van der Waals surface area contributed by atoms with Crippen LogP contribution in [0.4, 0.5) is 0 Å². The average Bonchev–Trinajstić information content (AvgIpc) is 2.30. The highest BCUT2D eigenvalue weighted by Gasteiger charge is 2.12. The predicted molar refractivity (Wildman–Crippen MR) is 59.2 cm³/mol. The molecule has 1 aromatic rings. The molecule has 0 bridgehead atoms. The van der Waals surface area contributed by atoms with E-state index in [1.54, 1.807) is 5.57 Å². The molecule has 0 saturated carbocycles. The van der Waals surface area contributed by atoms with Crippen molar-refractivity contribution >= 4 is 0 Å². The molecule has 0 radical (unpaired) electrons. The molecule has 1 aromatic heterocycles. The standard InChI is InChI=1S/C13H17N/c1-11(12-5-3-2-4-6-12)13-7-9-14-10-8-13/h5,7-11H,2-4,6H2,1H3. The summed E-state index contributed by atoms with van der Waals surface area (Å²) in [7, 11) is 0. The Bertz CT molecular complexity index is 313. The second kappa shape index (κ2) is 4.41. The Morgan fingerprint density at radius 2 is 2.00 bits per heavy atom. The average molecular weight is 187 g/mol. The van der Waals surface area contributed by atoms with Crippen LogP contribution >= 0.6 is 0 Å². The summed E-state index contributed by atoms with van der Waals surface area (Å²) in [5.41, 5.74) is 3.01. The van der Waals surface area contributed by atoms with E-state index in [9.17, 15) is 0 Å². The zero-order chi connectivity index (χ0) is 9.80. The minimum atomic E-state index is 0.582. The lowest BCUT2D eigenvalue weighted by molar-refractivity contribution is 0.657. The van der Waals surface area contributed by atoms with Crippen LogP contribution < -0.4 is 0 Å². The van der Waals surface area contributed by atoms with Gasteiger partial charge in [-0.1, -0.05) is 18.6 Å². The van der Waals surface area contributed by atoms with Crippen LogP contribution in [0.2, 0.25) is 0 Å². The topological polar surface area (TPSA) is 12.9 Å². The maximum absolute atomic E-state index is 4.05. The van der Waals surface area contributed by atoms with Crippen molar-refractivity contribution in [3.8, 4) is 0 Å². The zero-order valence-electron chi connectivity index (χ0n) is 8.74. The Balaban J connectivity index is 2.15. The van der Waals surface area contributed by atoms with Gasteiger partial charge < -0.3 is 0 Å². The highest BCUT2D eigenvalue weighted by molar-refractivity contribution is 5.26. The number of pyridine rings is 1. The van der Waals surface area contributed by atoms with Crippen LogP contribution in [-0.4, -0.2) is 4.98 Å². The molecule has 0 aliphatic heterocycles. The Kier molecular flexibility index (Phi) is 2.97. The van der Waals surface area contributed by atoms with E-state index in [-0.39, 0.29) is 0 Å². The lowest BCUT2D eigenvalue weighted by Crippen LogP contribution is -2.01. The fraction of sp³-hybridized carbons (Fsp3) is 0.462. The van der Waals surface area contributed by atoms with Crippen LogP contribution in [0.3, 0.4) is 0 Å². The van der Waals surface area contributed by atoms with Gasteiger partial charge in [0.2, 0.25) is 0 Å². The van der Waals surface area contributed by atoms with Crippen molar-refractivity contribution in [1.29, 1.82) is 0 Å². The molecule has 1 heterocycles. The summed E-state index contributed by atoms with van der Waals surface area (Å²) in [5.74, 6) is 0.582. The maximum atomic E-state index is 4.05. The monoisotopic (exact) mass is 187 g/mol. The summed E-state index contributed by atoms with van der Waals surface area (Å²) in [6, 6.07) is 4.25. The number of hydrogen-bond acceptors (Lipinski definition) is 1. The quantitative estimate of drug-likeness (QED) is 0.643. The number of hydrogen-bond donors (Lipinski definition) is 0. The third kappa shape index (κ3) is 2.03. The highest BCUT2D eigenvalue weighted by Crippen LogP contribution is 2.30. The van der Waals surface area contributed by atoms with Gasteiger partial charge in [0.25, 0.3) is 0 Å². The number of aromatic nitrogens is 1. The second-order valence-electron chi connectivity index (χ2n) is 4.03. The van der Waals surface area contributed by atoms with Gasteiger partial charge >= 0.3 is 0 Å². The van der Waals surface area contributed by atoms with Crippen LogP contribution in [0.15, 0.2) is 36.2 Å². The minimum absolute atomic E-state index is 0.582. The number of allylic oxidation sites excluding steroid dienone is 2. The van der Waals surface area contributed by atoms with Gasteiger partial charge in [-0.3, -0.25) is 4.98 Å². The third-order valence-corrected chi connectivity index (χ3v) is 3.09. The highest BCUT2D eigenvalue weighted by atomic mass is 14.6. The van der Waals surface area contributed by atoms with Crippen LogP contribution in [-0.2, 0) is 0 Å². The van der Waals surface area contributed by atoms with Crippen molar-refractivity contribution < 1.29 is 0 Å². The van der Waals surface area contributed by atoms with Crippen LogP contribution in [0.25, 0.3) is 0 Å². The predicted octanol–water partition coefficient (Wildman–Crippen LogP) is 3.69. The van der Waals surface area contributed by atoms with Gasteiger partial charge in [0, 0.05) is 18.3 Å². The van der Waals surface area contributed by atoms with Crippen molar-refractivity contribution in [1.82, 2.24) is 4.98 Å². The molecule has 0 saturated heterocycles. The van der Waals surface area contributed by atoms with Crippen LogP contribution in [0, 0.1) is 0 Å². The van der Waals surface area contributed by atoms with E-state index >= 15 is 0 Å². The summed E-state index contributed by atoms with van der Waals surface area (Å²) in [6.45, 7) is 2.30. The Morgan fingerprint density at radius 3 is 2.64 bits per heavy atom. The molecule has 74 valence electrons. The molecule has 0 spiro atoms. The molecule has 1 atom stereocenters. The first-order valence-corrected chi connectivity index (χ1v) is 5.47. The molecular formula is C13H17N. The van der Waals surface area contributed by atoms with Crippen molar-refractivity contribution in [2.75, 3.05) is 0 Å². The van der Waals surface area contributed by atoms with E-state index in [0.717, 1.165) is 0 Å². The van der Waals surface area contributed by atoms with Gasteiger partial charge in [0.15, 0.2) is 0 Å². The molecule has 0 N–H and O–H groups in total. The minimum Gasteiger partial charge on any atom is -0.265 e. The summed E-state index contributed by atoms with van der Waals surface area (Å²) < 4.78 is 0. The molecule has 1 aliphatic rings. The zero-order valence-corrected chi connectivity index (χ0v) is 8.74. The molecule has 0 aromatic carbocycles. The SMILES string of the molecule is CC(C1=CCCCC1)c1ccncc1. The fourth-order valence-electron chi connectivity index (χ4n) is 2.12. The summed E-state index contributed by atoms with van der Waals surface area (Å²) in [4.78, 5) is 4.05. The third-order valence-electron chi connectivity index (χ3n) is 3.09. The van der Waals surface area contributed by atoms with Gasteiger partial charge in [0.1, 0.15) is 0 Å². The second-order valence-corrected chi connectivity index (χ2v) is 4.03. The largest absolute Gasteiger partial charge is 0.265 e. The van der Waals surface area contributed by atoms with Crippen molar-refractivity contribution in [2.24, 2.45) is 0 Å². The molecule has 1 nitrogen and oxygen atoms in total. The van der Waals surface area contributed by atoms with E-state index in [1.165, 1.54) is 31.2 Å². The summed E-state index contributed by atoms with van der Waals surface area (Å²) >= 11 is 0. The molecule has 1 heteroatoms. The first-order chi connectivity index (χ1) is 6.88. The summed E-state index contributed by atoms with van der Waals surface area (Å²) in [6.07, 6.45) is 11.5. The van der Waals surface area contributed by atoms with E-state index in [4.69, 9.17) is 0 Å². The molecule has 2 rings (SSSR count). The van der Waals surface area contributed by atoms with E-state index in [1.807, 2.05) is 12.4 Å². The first-order valence-electron chi connectivity index (χ1n) is 5.47. The van der Waals surface area contributed by atoms with Crippen LogP contribution in [0.1, 0.15) is 44.1 Å². The molecule has 0 fully saturated rings.